The SMILES string of the molecule is CC(C)n1c(CCCc2ccccc2)ccc1C(=O)Nc1cc(CC(=O)O)c(Cl)c(Cl)c1F. The predicted octanol–water partition coefficient (Wildman–Crippen LogP) is 6.57. The van der Waals surface area contributed by atoms with Crippen molar-refractivity contribution in [2.24, 2.45) is 0 Å². The topological polar surface area (TPSA) is 71.3 Å². The van der Waals surface area contributed by atoms with Crippen LogP contribution in [0.5, 0.6) is 0 Å². The first kappa shape index (κ1) is 24.8. The normalized spacial score (nSPS) is 11.1. The second kappa shape index (κ2) is 10.9. The van der Waals surface area contributed by atoms with Gasteiger partial charge in [-0.05, 0) is 62.4 Å². The minimum atomic E-state index is -1.15. The molecule has 33 heavy (non-hydrogen) atoms. The van der Waals surface area contributed by atoms with Crippen molar-refractivity contribution in [3.8, 4) is 0 Å². The lowest BCUT2D eigenvalue weighted by Gasteiger charge is -2.18. The molecular weight excluding hydrogens is 466 g/mol. The molecule has 0 aliphatic rings. The van der Waals surface area contributed by atoms with Gasteiger partial charge in [0.25, 0.3) is 5.91 Å². The maximum absolute atomic E-state index is 14.7. The minimum Gasteiger partial charge on any atom is -0.481 e. The van der Waals surface area contributed by atoms with Crippen LogP contribution in [0.25, 0.3) is 0 Å². The second-order valence-electron chi connectivity index (χ2n) is 8.06. The van der Waals surface area contributed by atoms with E-state index in [0.717, 1.165) is 25.0 Å². The Labute approximate surface area is 202 Å². The van der Waals surface area contributed by atoms with Crippen molar-refractivity contribution < 1.29 is 19.1 Å². The Balaban J connectivity index is 1.81. The van der Waals surface area contributed by atoms with Gasteiger partial charge in [0.05, 0.1) is 22.2 Å². The number of benzene rings is 2. The van der Waals surface area contributed by atoms with Gasteiger partial charge in [0.2, 0.25) is 0 Å². The third kappa shape index (κ3) is 5.95. The summed E-state index contributed by atoms with van der Waals surface area (Å²) in [6.07, 6.45) is 2.17. The molecule has 0 fully saturated rings. The molecule has 3 aromatic rings. The minimum absolute atomic E-state index is 0.00805. The lowest BCUT2D eigenvalue weighted by molar-refractivity contribution is -0.136. The zero-order chi connectivity index (χ0) is 24.1. The molecule has 1 heterocycles. The van der Waals surface area contributed by atoms with Gasteiger partial charge in [0, 0.05) is 11.7 Å². The first-order valence-electron chi connectivity index (χ1n) is 10.6. The molecular formula is C25H25Cl2FN2O3. The number of rotatable bonds is 9. The number of aliphatic carboxylic acids is 1. The van der Waals surface area contributed by atoms with Crippen molar-refractivity contribution >= 4 is 40.8 Å². The molecule has 1 amide bonds. The van der Waals surface area contributed by atoms with Crippen molar-refractivity contribution in [1.29, 1.82) is 0 Å². The van der Waals surface area contributed by atoms with Gasteiger partial charge >= 0.3 is 5.97 Å². The molecule has 2 N–H and O–H groups in total. The van der Waals surface area contributed by atoms with E-state index in [4.69, 9.17) is 28.3 Å². The average Bonchev–Trinajstić information content (AvgIpc) is 3.20. The lowest BCUT2D eigenvalue weighted by Crippen LogP contribution is -2.20. The number of hydrogen-bond donors (Lipinski definition) is 2. The molecule has 0 atom stereocenters. The Bertz CT molecular complexity index is 1160. The number of amides is 1. The number of nitrogens with one attached hydrogen (secondary N) is 1. The maximum Gasteiger partial charge on any atom is 0.307 e. The van der Waals surface area contributed by atoms with Crippen LogP contribution < -0.4 is 5.32 Å². The van der Waals surface area contributed by atoms with E-state index in [9.17, 15) is 14.0 Å². The van der Waals surface area contributed by atoms with Crippen molar-refractivity contribution in [3.63, 3.8) is 0 Å². The van der Waals surface area contributed by atoms with Crippen LogP contribution in [0.4, 0.5) is 10.1 Å². The van der Waals surface area contributed by atoms with Crippen LogP contribution in [0.15, 0.2) is 48.5 Å². The highest BCUT2D eigenvalue weighted by Gasteiger charge is 2.22. The summed E-state index contributed by atoms with van der Waals surface area (Å²) in [6.45, 7) is 3.95. The summed E-state index contributed by atoms with van der Waals surface area (Å²) in [6, 6.07) is 15.0. The Morgan fingerprint density at radius 1 is 1.06 bits per heavy atom. The van der Waals surface area contributed by atoms with E-state index in [1.807, 2.05) is 42.7 Å². The van der Waals surface area contributed by atoms with Crippen molar-refractivity contribution in [3.05, 3.63) is 86.9 Å². The molecule has 0 saturated heterocycles. The number of aryl methyl sites for hydroxylation is 2. The number of hydrogen-bond acceptors (Lipinski definition) is 2. The first-order valence-corrected chi connectivity index (χ1v) is 11.4. The largest absolute Gasteiger partial charge is 0.481 e. The Morgan fingerprint density at radius 3 is 2.39 bits per heavy atom. The molecule has 5 nitrogen and oxygen atoms in total. The van der Waals surface area contributed by atoms with E-state index in [1.165, 1.54) is 11.6 Å². The van der Waals surface area contributed by atoms with Crippen LogP contribution in [0, 0.1) is 5.82 Å². The highest BCUT2D eigenvalue weighted by Crippen LogP contribution is 2.34. The third-order valence-electron chi connectivity index (χ3n) is 5.31. The molecule has 0 saturated carbocycles. The van der Waals surface area contributed by atoms with Crippen molar-refractivity contribution in [2.75, 3.05) is 5.32 Å². The number of carboxylic acids is 1. The molecule has 0 unspecified atom stereocenters. The van der Waals surface area contributed by atoms with Gasteiger partial charge in [-0.1, -0.05) is 53.5 Å². The third-order valence-corrected chi connectivity index (χ3v) is 6.19. The van der Waals surface area contributed by atoms with Crippen molar-refractivity contribution in [2.45, 2.75) is 45.6 Å². The molecule has 0 spiro atoms. The van der Waals surface area contributed by atoms with E-state index in [1.54, 1.807) is 6.07 Å². The summed E-state index contributed by atoms with van der Waals surface area (Å²) in [7, 11) is 0. The van der Waals surface area contributed by atoms with Crippen molar-refractivity contribution in [1.82, 2.24) is 4.57 Å². The summed E-state index contributed by atoms with van der Waals surface area (Å²) in [5.74, 6) is -2.57. The quantitative estimate of drug-likeness (QED) is 0.333. The molecule has 0 aliphatic heterocycles. The highest BCUT2D eigenvalue weighted by molar-refractivity contribution is 6.43. The number of halogens is 3. The van der Waals surface area contributed by atoms with Crippen LogP contribution in [0.1, 0.15) is 53.6 Å². The number of carboxylic acid groups (broad SMARTS) is 1. The van der Waals surface area contributed by atoms with Crippen LogP contribution in [0.2, 0.25) is 10.0 Å². The van der Waals surface area contributed by atoms with Crippen LogP contribution >= 0.6 is 23.2 Å². The zero-order valence-corrected chi connectivity index (χ0v) is 19.9. The second-order valence-corrected chi connectivity index (χ2v) is 8.82. The molecule has 0 radical (unpaired) electrons. The Kier molecular flexibility index (Phi) is 8.16. The van der Waals surface area contributed by atoms with Crippen LogP contribution in [0.3, 0.4) is 0 Å². The number of aromatic nitrogens is 1. The van der Waals surface area contributed by atoms with Gasteiger partial charge in [-0.15, -0.1) is 0 Å². The Morgan fingerprint density at radius 2 is 1.76 bits per heavy atom. The fourth-order valence-electron chi connectivity index (χ4n) is 3.83. The predicted molar refractivity (Wildman–Crippen MR) is 129 cm³/mol. The van der Waals surface area contributed by atoms with Gasteiger partial charge in [0.1, 0.15) is 5.69 Å². The van der Waals surface area contributed by atoms with Gasteiger partial charge in [-0.3, -0.25) is 9.59 Å². The van der Waals surface area contributed by atoms with E-state index < -0.39 is 29.1 Å². The lowest BCUT2D eigenvalue weighted by atomic mass is 10.1. The molecule has 0 bridgehead atoms. The number of nitrogens with zero attached hydrogens (tertiary/aromatic N) is 1. The number of carbonyl (C=O) groups excluding carboxylic acids is 1. The summed E-state index contributed by atoms with van der Waals surface area (Å²) >= 11 is 11.9. The Hall–Kier alpha value is -2.83. The van der Waals surface area contributed by atoms with Gasteiger partial charge in [0.15, 0.2) is 5.82 Å². The zero-order valence-electron chi connectivity index (χ0n) is 18.4. The van der Waals surface area contributed by atoms with E-state index in [-0.39, 0.29) is 22.3 Å². The highest BCUT2D eigenvalue weighted by atomic mass is 35.5. The molecule has 3 rings (SSSR count). The summed E-state index contributed by atoms with van der Waals surface area (Å²) in [5.41, 5.74) is 2.54. The molecule has 0 aliphatic carbocycles. The molecule has 8 heteroatoms. The molecule has 2 aromatic carbocycles. The van der Waals surface area contributed by atoms with Gasteiger partial charge < -0.3 is 15.0 Å². The molecule has 174 valence electrons. The first-order chi connectivity index (χ1) is 15.7. The van der Waals surface area contributed by atoms with Crippen LogP contribution in [-0.2, 0) is 24.1 Å². The fourth-order valence-corrected chi connectivity index (χ4v) is 4.26. The number of anilines is 1. The standard InChI is InChI=1S/C25H25Cl2FN2O3/c1-15(2)30-18(10-6-9-16-7-4-3-5-8-16)11-12-20(30)25(33)29-19-13-17(14-21(31)32)22(26)23(27)24(19)28/h3-5,7-8,11-13,15H,6,9-10,14H2,1-2H3,(H,29,33)(H,31,32). The summed E-state index contributed by atoms with van der Waals surface area (Å²) in [5, 5.41) is 11.0. The van der Waals surface area contributed by atoms with Crippen LogP contribution in [-0.4, -0.2) is 21.6 Å². The number of carbonyl (C=O) groups is 2. The summed E-state index contributed by atoms with van der Waals surface area (Å²) < 4.78 is 16.6. The van der Waals surface area contributed by atoms with E-state index >= 15 is 0 Å². The smallest absolute Gasteiger partial charge is 0.307 e. The monoisotopic (exact) mass is 490 g/mol. The van der Waals surface area contributed by atoms with E-state index in [0.29, 0.717) is 5.69 Å². The molecule has 1 aromatic heterocycles. The fraction of sp³-hybridized carbons (Fsp3) is 0.280. The summed E-state index contributed by atoms with van der Waals surface area (Å²) in [4.78, 5) is 24.1. The van der Waals surface area contributed by atoms with E-state index in [2.05, 4.69) is 17.4 Å². The average molecular weight is 491 g/mol. The maximum atomic E-state index is 14.7. The van der Waals surface area contributed by atoms with Gasteiger partial charge in [-0.2, -0.15) is 0 Å². The van der Waals surface area contributed by atoms with Gasteiger partial charge in [-0.25, -0.2) is 4.39 Å².